The average molecular weight is 488 g/mol. The second-order valence-electron chi connectivity index (χ2n) is 7.75. The topological polar surface area (TPSA) is 21.3 Å². The lowest BCUT2D eigenvalue weighted by Crippen LogP contribution is -2.21. The van der Waals surface area contributed by atoms with Gasteiger partial charge in [-0.25, -0.2) is 0 Å². The molecule has 0 spiro atoms. The number of rotatable bonds is 8. The second kappa shape index (κ2) is 11.5. The number of nitrogens with one attached hydrogen (secondary N) is 1. The Balaban J connectivity index is 0.00000306. The SMILES string of the molecule is CC(NCCc1cc(-c2ccc(OC(F)F)cc2)c2ccccc2c1)c1cccc(Cl)c1.Cl. The van der Waals surface area contributed by atoms with Gasteiger partial charge in [-0.1, -0.05) is 72.3 Å². The maximum Gasteiger partial charge on any atom is 0.387 e. The molecule has 0 aromatic heterocycles. The van der Waals surface area contributed by atoms with Crippen molar-refractivity contribution >= 4 is 34.8 Å². The highest BCUT2D eigenvalue weighted by molar-refractivity contribution is 6.30. The molecule has 172 valence electrons. The predicted molar refractivity (Wildman–Crippen MR) is 135 cm³/mol. The molecule has 1 N–H and O–H groups in total. The molecule has 0 aliphatic carbocycles. The van der Waals surface area contributed by atoms with Crippen molar-refractivity contribution in [3.63, 3.8) is 0 Å². The van der Waals surface area contributed by atoms with Crippen LogP contribution in [0.3, 0.4) is 0 Å². The Labute approximate surface area is 204 Å². The van der Waals surface area contributed by atoms with Gasteiger partial charge in [0.2, 0.25) is 0 Å². The number of hydrogen-bond donors (Lipinski definition) is 1. The summed E-state index contributed by atoms with van der Waals surface area (Å²) >= 11 is 6.11. The summed E-state index contributed by atoms with van der Waals surface area (Å²) in [5.41, 5.74) is 4.40. The van der Waals surface area contributed by atoms with Gasteiger partial charge >= 0.3 is 6.61 Å². The third kappa shape index (κ3) is 6.44. The molecule has 6 heteroatoms. The molecule has 0 radical (unpaired) electrons. The summed E-state index contributed by atoms with van der Waals surface area (Å²) in [5, 5.41) is 6.57. The number of halogens is 4. The molecule has 4 aromatic carbocycles. The van der Waals surface area contributed by atoms with Crippen molar-refractivity contribution in [1.82, 2.24) is 5.32 Å². The first-order chi connectivity index (χ1) is 15.5. The van der Waals surface area contributed by atoms with Crippen molar-refractivity contribution in [3.05, 3.63) is 101 Å². The largest absolute Gasteiger partial charge is 0.435 e. The molecule has 4 aromatic rings. The van der Waals surface area contributed by atoms with Gasteiger partial charge in [0.25, 0.3) is 0 Å². The summed E-state index contributed by atoms with van der Waals surface area (Å²) in [5.74, 6) is 0.156. The highest BCUT2D eigenvalue weighted by Gasteiger charge is 2.10. The minimum atomic E-state index is -2.83. The molecule has 33 heavy (non-hydrogen) atoms. The maximum absolute atomic E-state index is 12.5. The van der Waals surface area contributed by atoms with Crippen molar-refractivity contribution < 1.29 is 13.5 Å². The Morgan fingerprint density at radius 2 is 1.67 bits per heavy atom. The van der Waals surface area contributed by atoms with Crippen LogP contribution in [0.2, 0.25) is 5.02 Å². The van der Waals surface area contributed by atoms with E-state index in [1.165, 1.54) is 5.56 Å². The molecule has 0 bridgehead atoms. The number of hydrogen-bond acceptors (Lipinski definition) is 2. The van der Waals surface area contributed by atoms with Crippen molar-refractivity contribution in [1.29, 1.82) is 0 Å². The van der Waals surface area contributed by atoms with Crippen molar-refractivity contribution in [3.8, 4) is 16.9 Å². The molecular formula is C27H25Cl2F2NO. The van der Waals surface area contributed by atoms with Crippen LogP contribution in [0.4, 0.5) is 8.78 Å². The molecule has 0 saturated carbocycles. The second-order valence-corrected chi connectivity index (χ2v) is 8.18. The lowest BCUT2D eigenvalue weighted by atomic mass is 9.94. The molecule has 0 heterocycles. The van der Waals surface area contributed by atoms with E-state index in [9.17, 15) is 8.78 Å². The third-order valence-electron chi connectivity index (χ3n) is 5.52. The first kappa shape index (κ1) is 25.0. The number of alkyl halides is 2. The Morgan fingerprint density at radius 3 is 2.39 bits per heavy atom. The fourth-order valence-electron chi connectivity index (χ4n) is 3.90. The van der Waals surface area contributed by atoms with Gasteiger partial charge in [0.05, 0.1) is 0 Å². The van der Waals surface area contributed by atoms with Crippen LogP contribution in [-0.2, 0) is 6.42 Å². The molecule has 1 unspecified atom stereocenters. The van der Waals surface area contributed by atoms with E-state index in [0.717, 1.165) is 45.5 Å². The molecule has 0 aliphatic heterocycles. The van der Waals surface area contributed by atoms with E-state index < -0.39 is 6.61 Å². The Morgan fingerprint density at radius 1 is 0.909 bits per heavy atom. The summed E-state index contributed by atoms with van der Waals surface area (Å²) in [4.78, 5) is 0. The Bertz CT molecular complexity index is 1200. The zero-order valence-electron chi connectivity index (χ0n) is 18.1. The van der Waals surface area contributed by atoms with Crippen LogP contribution in [-0.4, -0.2) is 13.2 Å². The standard InChI is InChI=1S/C27H24ClF2NO.ClH/c1-18(21-6-4-7-23(28)17-21)31-14-13-19-15-22-5-2-3-8-25(22)26(16-19)20-9-11-24(12-10-20)32-27(29)30;/h2-12,15-18,27,31H,13-14H2,1H3;1H. The maximum atomic E-state index is 12.5. The van der Waals surface area contributed by atoms with Crippen LogP contribution in [0.25, 0.3) is 21.9 Å². The van der Waals surface area contributed by atoms with E-state index in [-0.39, 0.29) is 24.2 Å². The number of benzene rings is 4. The van der Waals surface area contributed by atoms with E-state index in [1.807, 2.05) is 42.5 Å². The zero-order valence-corrected chi connectivity index (χ0v) is 19.7. The van der Waals surface area contributed by atoms with Gasteiger partial charge in [-0.15, -0.1) is 12.4 Å². The quantitative estimate of drug-likeness (QED) is 0.271. The summed E-state index contributed by atoms with van der Waals surface area (Å²) in [6.07, 6.45) is 0.856. The van der Waals surface area contributed by atoms with Gasteiger partial charge in [-0.05, 0) is 77.2 Å². The predicted octanol–water partition coefficient (Wildman–Crippen LogP) is 8.08. The van der Waals surface area contributed by atoms with Gasteiger partial charge in [0, 0.05) is 11.1 Å². The van der Waals surface area contributed by atoms with Crippen LogP contribution in [0.1, 0.15) is 24.1 Å². The Hall–Kier alpha value is -2.66. The van der Waals surface area contributed by atoms with Crippen LogP contribution in [0, 0.1) is 0 Å². The van der Waals surface area contributed by atoms with Crippen molar-refractivity contribution in [2.75, 3.05) is 6.54 Å². The highest BCUT2D eigenvalue weighted by atomic mass is 35.5. The van der Waals surface area contributed by atoms with E-state index >= 15 is 0 Å². The first-order valence-electron chi connectivity index (χ1n) is 10.6. The van der Waals surface area contributed by atoms with Crippen LogP contribution in [0.15, 0.2) is 84.9 Å². The molecule has 2 nitrogen and oxygen atoms in total. The summed E-state index contributed by atoms with van der Waals surface area (Å²) in [6, 6.07) is 27.5. The minimum absolute atomic E-state index is 0. The van der Waals surface area contributed by atoms with Gasteiger partial charge in [0.1, 0.15) is 5.75 Å². The molecule has 0 aliphatic rings. The van der Waals surface area contributed by atoms with Crippen LogP contribution >= 0.6 is 24.0 Å². The molecule has 0 saturated heterocycles. The average Bonchev–Trinajstić information content (AvgIpc) is 2.78. The van der Waals surface area contributed by atoms with Gasteiger partial charge < -0.3 is 10.1 Å². The first-order valence-corrected chi connectivity index (χ1v) is 10.9. The molecule has 4 rings (SSSR count). The van der Waals surface area contributed by atoms with Crippen LogP contribution < -0.4 is 10.1 Å². The minimum Gasteiger partial charge on any atom is -0.435 e. The van der Waals surface area contributed by atoms with E-state index in [0.29, 0.717) is 0 Å². The van der Waals surface area contributed by atoms with Crippen molar-refractivity contribution in [2.24, 2.45) is 0 Å². The molecule has 1 atom stereocenters. The lowest BCUT2D eigenvalue weighted by molar-refractivity contribution is -0.0498. The molecule has 0 fully saturated rings. The lowest BCUT2D eigenvalue weighted by Gasteiger charge is -2.16. The smallest absolute Gasteiger partial charge is 0.387 e. The van der Waals surface area contributed by atoms with Crippen molar-refractivity contribution in [2.45, 2.75) is 26.0 Å². The normalized spacial score (nSPS) is 11.9. The fraction of sp³-hybridized carbons (Fsp3) is 0.185. The summed E-state index contributed by atoms with van der Waals surface area (Å²) in [6.45, 7) is 0.111. The summed E-state index contributed by atoms with van der Waals surface area (Å²) < 4.78 is 29.4. The monoisotopic (exact) mass is 487 g/mol. The van der Waals surface area contributed by atoms with Crippen LogP contribution in [0.5, 0.6) is 5.75 Å². The summed E-state index contributed by atoms with van der Waals surface area (Å²) in [7, 11) is 0. The van der Waals surface area contributed by atoms with Gasteiger partial charge in [-0.2, -0.15) is 8.78 Å². The van der Waals surface area contributed by atoms with Gasteiger partial charge in [0.15, 0.2) is 0 Å². The molecule has 0 amide bonds. The van der Waals surface area contributed by atoms with E-state index in [1.54, 1.807) is 12.1 Å². The van der Waals surface area contributed by atoms with Gasteiger partial charge in [-0.3, -0.25) is 0 Å². The molecular weight excluding hydrogens is 463 g/mol. The zero-order chi connectivity index (χ0) is 22.5. The van der Waals surface area contributed by atoms with E-state index in [4.69, 9.17) is 11.6 Å². The number of fused-ring (bicyclic) bond motifs is 1. The Kier molecular flexibility index (Phi) is 8.67. The number of ether oxygens (including phenoxy) is 1. The fourth-order valence-corrected chi connectivity index (χ4v) is 4.10. The highest BCUT2D eigenvalue weighted by Crippen LogP contribution is 2.32. The van der Waals surface area contributed by atoms with E-state index in [2.05, 4.69) is 47.3 Å². The third-order valence-corrected chi connectivity index (χ3v) is 5.76.